The molecule has 0 radical (unpaired) electrons. The lowest BCUT2D eigenvalue weighted by atomic mass is 10.0. The molecule has 1 aliphatic heterocycles. The molecule has 110 valence electrons. The number of halogens is 1. The van der Waals surface area contributed by atoms with Gasteiger partial charge in [0.25, 0.3) is 0 Å². The van der Waals surface area contributed by atoms with Gasteiger partial charge in [0.05, 0.1) is 10.8 Å². The Balaban J connectivity index is 2.22. The summed E-state index contributed by atoms with van der Waals surface area (Å²) in [4.78, 5) is 11.2. The highest BCUT2D eigenvalue weighted by atomic mass is 79.9. The minimum atomic E-state index is -3.60. The van der Waals surface area contributed by atoms with Gasteiger partial charge in [-0.05, 0) is 30.5 Å². The van der Waals surface area contributed by atoms with Crippen LogP contribution in [-0.2, 0) is 20.1 Å². The molecule has 1 saturated heterocycles. The summed E-state index contributed by atoms with van der Waals surface area (Å²) in [5, 5.41) is 9.70. The standard InChI is InChI=1S/C13H16BrNO4S/c14-8-10-3-5-12(6-4-10)20(18,19)15-7-1-2-11(9-15)13(16)17/h3-6,11H,1-2,7-9H2,(H,16,17)/t11-/m0/s1. The van der Waals surface area contributed by atoms with Crippen LogP contribution >= 0.6 is 15.9 Å². The fourth-order valence-electron chi connectivity index (χ4n) is 2.26. The van der Waals surface area contributed by atoms with Gasteiger partial charge in [-0.25, -0.2) is 8.42 Å². The van der Waals surface area contributed by atoms with Crippen molar-refractivity contribution in [3.8, 4) is 0 Å². The number of rotatable bonds is 4. The van der Waals surface area contributed by atoms with Crippen molar-refractivity contribution in [2.45, 2.75) is 23.1 Å². The summed E-state index contributed by atoms with van der Waals surface area (Å²) < 4.78 is 26.2. The third kappa shape index (κ3) is 3.21. The number of carboxylic acids is 1. The third-order valence-corrected chi connectivity index (χ3v) is 5.98. The molecule has 0 bridgehead atoms. The zero-order valence-electron chi connectivity index (χ0n) is 10.8. The van der Waals surface area contributed by atoms with Crippen LogP contribution in [0.25, 0.3) is 0 Å². The smallest absolute Gasteiger partial charge is 0.307 e. The molecule has 0 spiro atoms. The van der Waals surface area contributed by atoms with Crippen LogP contribution in [0.15, 0.2) is 29.2 Å². The first kappa shape index (κ1) is 15.5. The monoisotopic (exact) mass is 361 g/mol. The van der Waals surface area contributed by atoms with Gasteiger partial charge < -0.3 is 5.11 Å². The van der Waals surface area contributed by atoms with Gasteiger partial charge in [0.2, 0.25) is 10.0 Å². The maximum Gasteiger partial charge on any atom is 0.307 e. The number of hydrogen-bond acceptors (Lipinski definition) is 3. The quantitative estimate of drug-likeness (QED) is 0.833. The molecule has 1 N–H and O–H groups in total. The molecule has 1 heterocycles. The van der Waals surface area contributed by atoms with E-state index < -0.39 is 21.9 Å². The number of hydrogen-bond donors (Lipinski definition) is 1. The molecule has 0 unspecified atom stereocenters. The van der Waals surface area contributed by atoms with Gasteiger partial charge in [-0.3, -0.25) is 4.79 Å². The van der Waals surface area contributed by atoms with E-state index in [0.29, 0.717) is 24.7 Å². The largest absolute Gasteiger partial charge is 0.481 e. The van der Waals surface area contributed by atoms with Crippen molar-refractivity contribution in [1.29, 1.82) is 0 Å². The maximum atomic E-state index is 12.5. The van der Waals surface area contributed by atoms with E-state index in [1.54, 1.807) is 24.3 Å². The second-order valence-electron chi connectivity index (χ2n) is 4.82. The van der Waals surface area contributed by atoms with E-state index in [0.717, 1.165) is 5.56 Å². The van der Waals surface area contributed by atoms with Crippen LogP contribution in [0.4, 0.5) is 0 Å². The fourth-order valence-corrected chi connectivity index (χ4v) is 4.16. The van der Waals surface area contributed by atoms with Crippen molar-refractivity contribution in [1.82, 2.24) is 4.31 Å². The molecule has 0 aromatic heterocycles. The molecule has 5 nitrogen and oxygen atoms in total. The predicted octanol–water partition coefficient (Wildman–Crippen LogP) is 2.07. The van der Waals surface area contributed by atoms with E-state index in [4.69, 9.17) is 5.11 Å². The molecule has 2 rings (SSSR count). The Morgan fingerprint density at radius 2 is 2.00 bits per heavy atom. The Bertz CT molecular complexity index is 585. The van der Waals surface area contributed by atoms with Crippen LogP contribution in [-0.4, -0.2) is 36.9 Å². The molecule has 1 aliphatic rings. The molecule has 1 aromatic rings. The highest BCUT2D eigenvalue weighted by Crippen LogP contribution is 2.24. The first-order chi connectivity index (χ1) is 9.45. The van der Waals surface area contributed by atoms with Crippen molar-refractivity contribution >= 4 is 31.9 Å². The molecule has 7 heteroatoms. The summed E-state index contributed by atoms with van der Waals surface area (Å²) in [5.74, 6) is -1.54. The highest BCUT2D eigenvalue weighted by Gasteiger charge is 2.33. The number of benzene rings is 1. The zero-order valence-corrected chi connectivity index (χ0v) is 13.2. The van der Waals surface area contributed by atoms with Crippen molar-refractivity contribution in [3.63, 3.8) is 0 Å². The molecule has 0 saturated carbocycles. The second kappa shape index (κ2) is 6.24. The van der Waals surface area contributed by atoms with E-state index in [9.17, 15) is 13.2 Å². The topological polar surface area (TPSA) is 74.7 Å². The van der Waals surface area contributed by atoms with Crippen molar-refractivity contribution in [2.24, 2.45) is 5.92 Å². The van der Waals surface area contributed by atoms with Crippen LogP contribution in [0.1, 0.15) is 18.4 Å². The molecular weight excluding hydrogens is 346 g/mol. The van der Waals surface area contributed by atoms with E-state index in [-0.39, 0.29) is 11.4 Å². The number of sulfonamides is 1. The van der Waals surface area contributed by atoms with Gasteiger partial charge in [0, 0.05) is 18.4 Å². The predicted molar refractivity (Wildman–Crippen MR) is 78.2 cm³/mol. The van der Waals surface area contributed by atoms with Crippen molar-refractivity contribution in [3.05, 3.63) is 29.8 Å². The lowest BCUT2D eigenvalue weighted by Gasteiger charge is -2.29. The second-order valence-corrected chi connectivity index (χ2v) is 7.32. The van der Waals surface area contributed by atoms with Crippen LogP contribution < -0.4 is 0 Å². The molecule has 0 amide bonds. The van der Waals surface area contributed by atoms with Gasteiger partial charge in [0.15, 0.2) is 0 Å². The Hall–Kier alpha value is -0.920. The van der Waals surface area contributed by atoms with E-state index in [1.165, 1.54) is 4.31 Å². The summed E-state index contributed by atoms with van der Waals surface area (Å²) in [7, 11) is -3.60. The molecule has 1 fully saturated rings. The first-order valence-corrected chi connectivity index (χ1v) is 8.89. The molecular formula is C13H16BrNO4S. The molecule has 1 aromatic carbocycles. The SMILES string of the molecule is O=C(O)[C@H]1CCCN(S(=O)(=O)c2ccc(CBr)cc2)C1. The van der Waals surface area contributed by atoms with Crippen molar-refractivity contribution in [2.75, 3.05) is 13.1 Å². The van der Waals surface area contributed by atoms with Gasteiger partial charge in [-0.15, -0.1) is 0 Å². The lowest BCUT2D eigenvalue weighted by Crippen LogP contribution is -2.42. The number of piperidine rings is 1. The zero-order chi connectivity index (χ0) is 14.8. The minimum absolute atomic E-state index is 0.0534. The first-order valence-electron chi connectivity index (χ1n) is 6.33. The third-order valence-electron chi connectivity index (χ3n) is 3.45. The number of carboxylic acid groups (broad SMARTS) is 1. The number of aliphatic carboxylic acids is 1. The number of carbonyl (C=O) groups is 1. The van der Waals surface area contributed by atoms with Gasteiger partial charge in [0.1, 0.15) is 0 Å². The lowest BCUT2D eigenvalue weighted by molar-refractivity contribution is -0.142. The summed E-state index contributed by atoms with van der Waals surface area (Å²) in [6.07, 6.45) is 1.11. The van der Waals surface area contributed by atoms with E-state index in [2.05, 4.69) is 15.9 Å². The Kier molecular flexibility index (Phi) is 4.82. The summed E-state index contributed by atoms with van der Waals surface area (Å²) >= 11 is 3.31. The average Bonchev–Trinajstić information content (AvgIpc) is 2.47. The number of alkyl halides is 1. The van der Waals surface area contributed by atoms with Crippen LogP contribution in [0.2, 0.25) is 0 Å². The van der Waals surface area contributed by atoms with Gasteiger partial charge >= 0.3 is 5.97 Å². The van der Waals surface area contributed by atoms with E-state index >= 15 is 0 Å². The van der Waals surface area contributed by atoms with Crippen LogP contribution in [0.3, 0.4) is 0 Å². The van der Waals surface area contributed by atoms with Crippen LogP contribution in [0.5, 0.6) is 0 Å². The Labute approximate surface area is 126 Å². The molecule has 20 heavy (non-hydrogen) atoms. The van der Waals surface area contributed by atoms with Crippen molar-refractivity contribution < 1.29 is 18.3 Å². The van der Waals surface area contributed by atoms with Gasteiger partial charge in [-0.1, -0.05) is 28.1 Å². The highest BCUT2D eigenvalue weighted by molar-refractivity contribution is 9.08. The Morgan fingerprint density at radius 3 is 2.55 bits per heavy atom. The number of nitrogens with zero attached hydrogens (tertiary/aromatic N) is 1. The average molecular weight is 362 g/mol. The van der Waals surface area contributed by atoms with Crippen LogP contribution in [0, 0.1) is 5.92 Å². The maximum absolute atomic E-state index is 12.5. The molecule has 1 atom stereocenters. The minimum Gasteiger partial charge on any atom is -0.481 e. The Morgan fingerprint density at radius 1 is 1.35 bits per heavy atom. The van der Waals surface area contributed by atoms with E-state index in [1.807, 2.05) is 0 Å². The normalized spacial score (nSPS) is 20.8. The fraction of sp³-hybridized carbons (Fsp3) is 0.462. The molecule has 0 aliphatic carbocycles. The summed E-state index contributed by atoms with van der Waals surface area (Å²) in [5.41, 5.74) is 0.992. The summed E-state index contributed by atoms with van der Waals surface area (Å²) in [6, 6.07) is 6.63. The van der Waals surface area contributed by atoms with Gasteiger partial charge in [-0.2, -0.15) is 4.31 Å². The summed E-state index contributed by atoms with van der Waals surface area (Å²) in [6.45, 7) is 0.435.